The average molecular weight is 267 g/mol. The third-order valence-corrected chi connectivity index (χ3v) is 4.24. The molecule has 1 nitrogen and oxygen atoms in total. The lowest BCUT2D eigenvalue weighted by Gasteiger charge is -2.08. The smallest absolute Gasteiger partial charge is 0.110 e. The van der Waals surface area contributed by atoms with Gasteiger partial charge in [-0.2, -0.15) is 0 Å². The van der Waals surface area contributed by atoms with Crippen LogP contribution in [0.2, 0.25) is 5.02 Å². The van der Waals surface area contributed by atoms with Crippen molar-refractivity contribution >= 4 is 40.0 Å². The molecule has 0 spiro atoms. The van der Waals surface area contributed by atoms with Crippen molar-refractivity contribution in [3.63, 3.8) is 0 Å². The fourth-order valence-electron chi connectivity index (χ4n) is 0.918. The lowest BCUT2D eigenvalue weighted by Crippen LogP contribution is -2.03. The third-order valence-electron chi connectivity index (χ3n) is 1.49. The summed E-state index contributed by atoms with van der Waals surface area (Å²) in [5, 5.41) is 1.49. The lowest BCUT2D eigenvalue weighted by molar-refractivity contribution is 0.588. The summed E-state index contributed by atoms with van der Waals surface area (Å²) in [6.07, 6.45) is 0. The predicted molar refractivity (Wildman–Crippen MR) is 58.2 cm³/mol. The molecule has 0 fully saturated rings. The van der Waals surface area contributed by atoms with Gasteiger partial charge in [-0.1, -0.05) is 11.6 Å². The Balaban J connectivity index is 3.28. The average Bonchev–Trinajstić information content (AvgIpc) is 1.83. The Morgan fingerprint density at radius 3 is 2.42 bits per heavy atom. The van der Waals surface area contributed by atoms with Gasteiger partial charge in [0.15, 0.2) is 0 Å². The fraction of sp³-hybridized carbons (Fsp3) is 0.250. The molecule has 0 unspecified atom stereocenters. The van der Waals surface area contributed by atoms with Crippen molar-refractivity contribution < 1.29 is 4.57 Å². The highest BCUT2D eigenvalue weighted by Gasteiger charge is 2.14. The standard InChI is InChI=1S/C8H9BrClOP/c1-12(2,11)8-4-3-6(10)5-7(8)9/h3-5H,1-2H3. The first-order valence-electron chi connectivity index (χ1n) is 3.42. The molecular formula is C8H9BrClOP. The van der Waals surface area contributed by atoms with Crippen LogP contribution in [0.3, 0.4) is 0 Å². The van der Waals surface area contributed by atoms with E-state index in [9.17, 15) is 4.57 Å². The van der Waals surface area contributed by atoms with Gasteiger partial charge in [-0.05, 0) is 47.5 Å². The number of hydrogen-bond acceptors (Lipinski definition) is 1. The van der Waals surface area contributed by atoms with Crippen LogP contribution in [0.5, 0.6) is 0 Å². The van der Waals surface area contributed by atoms with E-state index in [0.717, 1.165) is 9.78 Å². The van der Waals surface area contributed by atoms with Crippen LogP contribution < -0.4 is 5.30 Å². The highest BCUT2D eigenvalue weighted by atomic mass is 79.9. The van der Waals surface area contributed by atoms with Gasteiger partial charge in [0, 0.05) is 14.8 Å². The summed E-state index contributed by atoms with van der Waals surface area (Å²) in [5.74, 6) is 0. The van der Waals surface area contributed by atoms with Crippen molar-refractivity contribution in [1.29, 1.82) is 0 Å². The molecule has 0 saturated carbocycles. The molecule has 4 heteroatoms. The third kappa shape index (κ3) is 2.35. The van der Waals surface area contributed by atoms with Gasteiger partial charge in [-0.15, -0.1) is 0 Å². The molecule has 0 radical (unpaired) electrons. The molecular weight excluding hydrogens is 258 g/mol. The number of hydrogen-bond donors (Lipinski definition) is 0. The van der Waals surface area contributed by atoms with Crippen molar-refractivity contribution in [1.82, 2.24) is 0 Å². The maximum Gasteiger partial charge on any atom is 0.110 e. The molecule has 0 heterocycles. The molecule has 0 amide bonds. The molecule has 0 saturated heterocycles. The lowest BCUT2D eigenvalue weighted by atomic mass is 10.4. The molecule has 0 aliphatic rings. The molecule has 0 atom stereocenters. The molecule has 0 bridgehead atoms. The molecule has 1 aromatic rings. The van der Waals surface area contributed by atoms with Crippen LogP contribution in [0.25, 0.3) is 0 Å². The van der Waals surface area contributed by atoms with Gasteiger partial charge in [0.2, 0.25) is 0 Å². The van der Waals surface area contributed by atoms with Gasteiger partial charge in [0.25, 0.3) is 0 Å². The summed E-state index contributed by atoms with van der Waals surface area (Å²) in [5.41, 5.74) is 0. The van der Waals surface area contributed by atoms with Crippen molar-refractivity contribution in [2.75, 3.05) is 13.3 Å². The monoisotopic (exact) mass is 266 g/mol. The summed E-state index contributed by atoms with van der Waals surface area (Å²) in [4.78, 5) is 0. The first-order chi connectivity index (χ1) is 5.41. The summed E-state index contributed by atoms with van der Waals surface area (Å²) < 4.78 is 12.5. The van der Waals surface area contributed by atoms with Gasteiger partial charge in [-0.3, -0.25) is 0 Å². The minimum atomic E-state index is -2.18. The van der Waals surface area contributed by atoms with Crippen molar-refractivity contribution in [2.24, 2.45) is 0 Å². The van der Waals surface area contributed by atoms with Gasteiger partial charge >= 0.3 is 0 Å². The highest BCUT2D eigenvalue weighted by Crippen LogP contribution is 2.38. The fourth-order valence-corrected chi connectivity index (χ4v) is 3.89. The van der Waals surface area contributed by atoms with Gasteiger partial charge in [-0.25, -0.2) is 0 Å². The van der Waals surface area contributed by atoms with Crippen molar-refractivity contribution in [3.8, 4) is 0 Å². The van der Waals surface area contributed by atoms with E-state index in [1.807, 2.05) is 0 Å². The van der Waals surface area contributed by atoms with Crippen LogP contribution in [0.15, 0.2) is 22.7 Å². The second-order valence-electron chi connectivity index (χ2n) is 2.95. The van der Waals surface area contributed by atoms with Crippen LogP contribution in [-0.4, -0.2) is 13.3 Å². The zero-order valence-electron chi connectivity index (χ0n) is 6.84. The van der Waals surface area contributed by atoms with Gasteiger partial charge in [0.05, 0.1) is 0 Å². The second-order valence-corrected chi connectivity index (χ2v) is 7.42. The Kier molecular flexibility index (Phi) is 3.03. The van der Waals surface area contributed by atoms with Crippen LogP contribution in [-0.2, 0) is 4.57 Å². The SMILES string of the molecule is CP(C)(=O)c1ccc(Cl)cc1Br. The Morgan fingerprint density at radius 1 is 1.42 bits per heavy atom. The van der Waals surface area contributed by atoms with Gasteiger partial charge < -0.3 is 4.57 Å². The van der Waals surface area contributed by atoms with E-state index in [4.69, 9.17) is 11.6 Å². The first-order valence-corrected chi connectivity index (χ1v) is 7.19. The molecule has 0 N–H and O–H groups in total. The first kappa shape index (κ1) is 10.3. The Labute approximate surface area is 85.6 Å². The molecule has 0 aliphatic carbocycles. The summed E-state index contributed by atoms with van der Waals surface area (Å²) in [6, 6.07) is 5.31. The normalized spacial score (nSPS) is 11.7. The van der Waals surface area contributed by atoms with E-state index in [-0.39, 0.29) is 0 Å². The summed E-state index contributed by atoms with van der Waals surface area (Å²) in [7, 11) is -2.18. The zero-order chi connectivity index (χ0) is 9.35. The van der Waals surface area contributed by atoms with Crippen LogP contribution in [0.4, 0.5) is 0 Å². The van der Waals surface area contributed by atoms with E-state index >= 15 is 0 Å². The number of rotatable bonds is 1. The highest BCUT2D eigenvalue weighted by molar-refractivity contribution is 9.10. The van der Waals surface area contributed by atoms with Gasteiger partial charge in [0.1, 0.15) is 7.14 Å². The zero-order valence-corrected chi connectivity index (χ0v) is 10.1. The maximum absolute atomic E-state index is 11.7. The molecule has 0 aliphatic heterocycles. The minimum absolute atomic E-state index is 0.652. The molecule has 1 rings (SSSR count). The second kappa shape index (κ2) is 3.53. The minimum Gasteiger partial charge on any atom is -0.319 e. The maximum atomic E-state index is 11.7. The molecule has 66 valence electrons. The summed E-state index contributed by atoms with van der Waals surface area (Å²) >= 11 is 9.07. The molecule has 0 aromatic heterocycles. The van der Waals surface area contributed by atoms with E-state index in [1.165, 1.54) is 0 Å². The van der Waals surface area contributed by atoms with E-state index in [0.29, 0.717) is 5.02 Å². The van der Waals surface area contributed by atoms with E-state index in [1.54, 1.807) is 31.5 Å². The Hall–Kier alpha value is 0.220. The Morgan fingerprint density at radius 2 is 2.00 bits per heavy atom. The number of benzene rings is 1. The van der Waals surface area contributed by atoms with E-state index in [2.05, 4.69) is 15.9 Å². The topological polar surface area (TPSA) is 17.1 Å². The molecule has 12 heavy (non-hydrogen) atoms. The van der Waals surface area contributed by atoms with E-state index < -0.39 is 7.14 Å². The largest absolute Gasteiger partial charge is 0.319 e. The Bertz CT molecular complexity index is 345. The van der Waals surface area contributed by atoms with Crippen LogP contribution in [0, 0.1) is 0 Å². The predicted octanol–water partition coefficient (Wildman–Crippen LogP) is 3.35. The molecule has 1 aromatic carbocycles. The summed E-state index contributed by atoms with van der Waals surface area (Å²) in [6.45, 7) is 3.47. The van der Waals surface area contributed by atoms with Crippen LogP contribution >= 0.6 is 34.7 Å². The van der Waals surface area contributed by atoms with Crippen molar-refractivity contribution in [3.05, 3.63) is 27.7 Å². The quantitative estimate of drug-likeness (QED) is 0.713. The van der Waals surface area contributed by atoms with Crippen molar-refractivity contribution in [2.45, 2.75) is 0 Å². The van der Waals surface area contributed by atoms with Crippen LogP contribution in [0.1, 0.15) is 0 Å². The number of halogens is 2.